The average molecular weight is 335 g/mol. The van der Waals surface area contributed by atoms with E-state index in [4.69, 9.17) is 0 Å². The van der Waals surface area contributed by atoms with Crippen molar-refractivity contribution in [2.45, 2.75) is 26.3 Å². The first kappa shape index (κ1) is 14.9. The molecule has 0 radical (unpaired) electrons. The second-order valence-electron chi connectivity index (χ2n) is 4.80. The first-order valence-electron chi connectivity index (χ1n) is 6.85. The van der Waals surface area contributed by atoms with E-state index in [1.165, 1.54) is 0 Å². The highest BCUT2D eigenvalue weighted by Gasteiger charge is 2.13. The van der Waals surface area contributed by atoms with E-state index in [2.05, 4.69) is 38.7 Å². The van der Waals surface area contributed by atoms with Crippen LogP contribution in [-0.4, -0.2) is 18.5 Å². The standard InChI is InChI=1S/C16H19BrN2O/c1-3-10-18-16(20)11(2)19-15-9-8-14(17)12-6-4-5-7-13(12)15/h4-9,11,19H,3,10H2,1-2H3,(H,18,20). The van der Waals surface area contributed by atoms with Crippen LogP contribution in [0.2, 0.25) is 0 Å². The third kappa shape index (κ3) is 3.31. The maximum atomic E-state index is 11.9. The molecular weight excluding hydrogens is 316 g/mol. The molecule has 106 valence electrons. The summed E-state index contributed by atoms with van der Waals surface area (Å²) in [6, 6.07) is 11.9. The fourth-order valence-corrected chi connectivity index (χ4v) is 2.57. The first-order valence-corrected chi connectivity index (χ1v) is 7.64. The lowest BCUT2D eigenvalue weighted by Crippen LogP contribution is -2.37. The van der Waals surface area contributed by atoms with Crippen LogP contribution in [0.5, 0.6) is 0 Å². The summed E-state index contributed by atoms with van der Waals surface area (Å²) in [7, 11) is 0. The lowest BCUT2D eigenvalue weighted by molar-refractivity contribution is -0.121. The van der Waals surface area contributed by atoms with Gasteiger partial charge in [0.2, 0.25) is 5.91 Å². The molecular formula is C16H19BrN2O. The molecule has 0 bridgehead atoms. The van der Waals surface area contributed by atoms with Gasteiger partial charge in [-0.2, -0.15) is 0 Å². The molecule has 0 aliphatic carbocycles. The number of benzene rings is 2. The van der Waals surface area contributed by atoms with Gasteiger partial charge in [0.1, 0.15) is 6.04 Å². The molecule has 3 nitrogen and oxygen atoms in total. The maximum Gasteiger partial charge on any atom is 0.242 e. The van der Waals surface area contributed by atoms with Crippen LogP contribution in [0.1, 0.15) is 20.3 Å². The molecule has 2 N–H and O–H groups in total. The molecule has 4 heteroatoms. The normalized spacial score (nSPS) is 12.2. The second kappa shape index (κ2) is 6.75. The Morgan fingerprint density at radius 1 is 1.20 bits per heavy atom. The molecule has 0 saturated heterocycles. The predicted octanol–water partition coefficient (Wildman–Crippen LogP) is 3.93. The maximum absolute atomic E-state index is 11.9. The summed E-state index contributed by atoms with van der Waals surface area (Å²) in [5.41, 5.74) is 0.975. The van der Waals surface area contributed by atoms with Gasteiger partial charge in [-0.1, -0.05) is 47.1 Å². The van der Waals surface area contributed by atoms with E-state index >= 15 is 0 Å². The number of rotatable bonds is 5. The smallest absolute Gasteiger partial charge is 0.242 e. The van der Waals surface area contributed by atoms with Crippen molar-refractivity contribution in [2.24, 2.45) is 0 Å². The minimum atomic E-state index is -0.258. The Morgan fingerprint density at radius 3 is 2.60 bits per heavy atom. The molecule has 1 atom stereocenters. The van der Waals surface area contributed by atoms with E-state index < -0.39 is 0 Å². The van der Waals surface area contributed by atoms with Crippen LogP contribution >= 0.6 is 15.9 Å². The molecule has 2 rings (SSSR count). The van der Waals surface area contributed by atoms with Crippen LogP contribution in [0.25, 0.3) is 10.8 Å². The molecule has 0 heterocycles. The van der Waals surface area contributed by atoms with Crippen LogP contribution in [0.4, 0.5) is 5.69 Å². The van der Waals surface area contributed by atoms with Crippen molar-refractivity contribution < 1.29 is 4.79 Å². The number of hydrogen-bond donors (Lipinski definition) is 2. The molecule has 20 heavy (non-hydrogen) atoms. The van der Waals surface area contributed by atoms with Gasteiger partial charge in [0.15, 0.2) is 0 Å². The Labute approximate surface area is 127 Å². The van der Waals surface area contributed by atoms with Gasteiger partial charge in [0.25, 0.3) is 0 Å². The molecule has 0 aliphatic heterocycles. The fourth-order valence-electron chi connectivity index (χ4n) is 2.09. The summed E-state index contributed by atoms with van der Waals surface area (Å²) in [5, 5.41) is 8.43. The van der Waals surface area contributed by atoms with E-state index in [0.717, 1.165) is 27.4 Å². The summed E-state index contributed by atoms with van der Waals surface area (Å²) in [6.45, 7) is 4.63. The van der Waals surface area contributed by atoms with E-state index in [-0.39, 0.29) is 11.9 Å². The first-order chi connectivity index (χ1) is 9.63. The van der Waals surface area contributed by atoms with Crippen LogP contribution < -0.4 is 10.6 Å². The molecule has 2 aromatic rings. The number of nitrogens with one attached hydrogen (secondary N) is 2. The SMILES string of the molecule is CCCNC(=O)C(C)Nc1ccc(Br)c2ccccc12. The number of hydrogen-bond acceptors (Lipinski definition) is 2. The summed E-state index contributed by atoms with van der Waals surface area (Å²) in [6.07, 6.45) is 0.944. The number of carbonyl (C=O) groups excluding carboxylic acids is 1. The number of amides is 1. The zero-order chi connectivity index (χ0) is 14.5. The third-order valence-corrected chi connectivity index (χ3v) is 3.88. The Kier molecular flexibility index (Phi) is 5.01. The van der Waals surface area contributed by atoms with Crippen molar-refractivity contribution >= 4 is 38.3 Å². The van der Waals surface area contributed by atoms with Crippen LogP contribution in [-0.2, 0) is 4.79 Å². The monoisotopic (exact) mass is 334 g/mol. The minimum Gasteiger partial charge on any atom is -0.373 e. The summed E-state index contributed by atoms with van der Waals surface area (Å²) >= 11 is 3.55. The van der Waals surface area contributed by atoms with Crippen molar-refractivity contribution in [1.82, 2.24) is 5.32 Å². The lowest BCUT2D eigenvalue weighted by atomic mass is 10.1. The third-order valence-electron chi connectivity index (χ3n) is 3.19. The van der Waals surface area contributed by atoms with Gasteiger partial charge in [-0.3, -0.25) is 4.79 Å². The fraction of sp³-hybridized carbons (Fsp3) is 0.312. The molecule has 0 saturated carbocycles. The zero-order valence-electron chi connectivity index (χ0n) is 11.7. The highest BCUT2D eigenvalue weighted by atomic mass is 79.9. The van der Waals surface area contributed by atoms with Crippen molar-refractivity contribution in [3.63, 3.8) is 0 Å². The lowest BCUT2D eigenvalue weighted by Gasteiger charge is -2.17. The highest BCUT2D eigenvalue weighted by Crippen LogP contribution is 2.30. The molecule has 1 amide bonds. The molecule has 0 aliphatic rings. The van der Waals surface area contributed by atoms with Gasteiger partial charge in [-0.05, 0) is 30.9 Å². The molecule has 0 spiro atoms. The van der Waals surface area contributed by atoms with Gasteiger partial charge in [-0.25, -0.2) is 0 Å². The Hall–Kier alpha value is -1.55. The van der Waals surface area contributed by atoms with E-state index in [0.29, 0.717) is 6.54 Å². The van der Waals surface area contributed by atoms with Crippen molar-refractivity contribution in [3.05, 3.63) is 40.9 Å². The second-order valence-corrected chi connectivity index (χ2v) is 5.65. The Bertz CT molecular complexity index is 612. The number of carbonyl (C=O) groups is 1. The Morgan fingerprint density at radius 2 is 1.90 bits per heavy atom. The van der Waals surface area contributed by atoms with Crippen molar-refractivity contribution in [3.8, 4) is 0 Å². The van der Waals surface area contributed by atoms with E-state index in [1.807, 2.05) is 38.1 Å². The number of anilines is 1. The molecule has 1 unspecified atom stereocenters. The number of fused-ring (bicyclic) bond motifs is 1. The minimum absolute atomic E-state index is 0.0267. The quantitative estimate of drug-likeness (QED) is 0.869. The topological polar surface area (TPSA) is 41.1 Å². The van der Waals surface area contributed by atoms with Gasteiger partial charge in [-0.15, -0.1) is 0 Å². The highest BCUT2D eigenvalue weighted by molar-refractivity contribution is 9.10. The Balaban J connectivity index is 2.22. The van der Waals surface area contributed by atoms with Gasteiger partial charge >= 0.3 is 0 Å². The molecule has 0 fully saturated rings. The van der Waals surface area contributed by atoms with Crippen LogP contribution in [0.3, 0.4) is 0 Å². The van der Waals surface area contributed by atoms with Crippen molar-refractivity contribution in [2.75, 3.05) is 11.9 Å². The van der Waals surface area contributed by atoms with E-state index in [9.17, 15) is 4.79 Å². The van der Waals surface area contributed by atoms with Gasteiger partial charge < -0.3 is 10.6 Å². The summed E-state index contributed by atoms with van der Waals surface area (Å²) in [5.74, 6) is 0.0267. The largest absolute Gasteiger partial charge is 0.373 e. The van der Waals surface area contributed by atoms with Gasteiger partial charge in [0, 0.05) is 22.1 Å². The zero-order valence-corrected chi connectivity index (χ0v) is 13.3. The molecule has 2 aromatic carbocycles. The van der Waals surface area contributed by atoms with E-state index in [1.54, 1.807) is 0 Å². The average Bonchev–Trinajstić information content (AvgIpc) is 2.47. The van der Waals surface area contributed by atoms with Crippen LogP contribution in [0.15, 0.2) is 40.9 Å². The van der Waals surface area contributed by atoms with Crippen molar-refractivity contribution in [1.29, 1.82) is 0 Å². The van der Waals surface area contributed by atoms with Crippen LogP contribution in [0, 0.1) is 0 Å². The number of halogens is 1. The predicted molar refractivity (Wildman–Crippen MR) is 88.0 cm³/mol. The summed E-state index contributed by atoms with van der Waals surface area (Å²) < 4.78 is 1.06. The molecule has 0 aromatic heterocycles. The van der Waals surface area contributed by atoms with Gasteiger partial charge in [0.05, 0.1) is 0 Å². The summed E-state index contributed by atoms with van der Waals surface area (Å²) in [4.78, 5) is 11.9.